The summed E-state index contributed by atoms with van der Waals surface area (Å²) < 4.78 is 5.09. The summed E-state index contributed by atoms with van der Waals surface area (Å²) in [4.78, 5) is 16.4. The number of esters is 1. The average Bonchev–Trinajstić information content (AvgIpc) is 2.78. The van der Waals surface area contributed by atoms with Gasteiger partial charge in [-0.2, -0.15) is 11.8 Å². The second kappa shape index (κ2) is 7.14. The first-order chi connectivity index (χ1) is 8.91. The minimum absolute atomic E-state index is 0.232. The number of carbonyl (C=O) groups is 1. The quantitative estimate of drug-likeness (QED) is 0.784. The standard InChI is InChI=1S/C13H22N2O2S2/c1-6-17-11(16)13(3,4)10-8-19-12(15-10)14-9(2)7-18-5/h8-9H,6-7H2,1-5H3,(H,14,15). The summed E-state index contributed by atoms with van der Waals surface area (Å²) in [6.07, 6.45) is 2.08. The van der Waals surface area contributed by atoms with Crippen molar-refractivity contribution in [1.82, 2.24) is 4.98 Å². The van der Waals surface area contributed by atoms with Crippen LogP contribution in [0.25, 0.3) is 0 Å². The minimum atomic E-state index is -0.699. The highest BCUT2D eigenvalue weighted by atomic mass is 32.2. The van der Waals surface area contributed by atoms with Crippen LogP contribution >= 0.6 is 23.1 Å². The van der Waals surface area contributed by atoms with Gasteiger partial charge in [-0.1, -0.05) is 0 Å². The van der Waals surface area contributed by atoms with Crippen molar-refractivity contribution >= 4 is 34.2 Å². The van der Waals surface area contributed by atoms with Gasteiger partial charge in [-0.3, -0.25) is 4.79 Å². The van der Waals surface area contributed by atoms with Gasteiger partial charge in [-0.25, -0.2) is 4.98 Å². The van der Waals surface area contributed by atoms with E-state index < -0.39 is 5.41 Å². The number of hydrogen-bond acceptors (Lipinski definition) is 6. The van der Waals surface area contributed by atoms with E-state index in [0.717, 1.165) is 16.6 Å². The number of nitrogens with zero attached hydrogens (tertiary/aromatic N) is 1. The van der Waals surface area contributed by atoms with Crippen LogP contribution in [-0.4, -0.2) is 35.6 Å². The molecule has 0 aromatic carbocycles. The summed E-state index contributed by atoms with van der Waals surface area (Å²) in [5.74, 6) is 0.792. The molecule has 0 amide bonds. The van der Waals surface area contributed by atoms with Crippen molar-refractivity contribution in [3.63, 3.8) is 0 Å². The summed E-state index contributed by atoms with van der Waals surface area (Å²) in [6.45, 7) is 8.01. The van der Waals surface area contributed by atoms with Crippen LogP contribution in [0.1, 0.15) is 33.4 Å². The fourth-order valence-corrected chi connectivity index (χ4v) is 3.12. The topological polar surface area (TPSA) is 51.2 Å². The predicted octanol–water partition coefficient (Wildman–Crippen LogP) is 3.15. The molecular weight excluding hydrogens is 280 g/mol. The smallest absolute Gasteiger partial charge is 0.317 e. The number of aromatic nitrogens is 1. The van der Waals surface area contributed by atoms with Crippen LogP contribution in [0.2, 0.25) is 0 Å². The monoisotopic (exact) mass is 302 g/mol. The zero-order valence-corrected chi connectivity index (χ0v) is 13.8. The molecule has 0 aliphatic rings. The van der Waals surface area contributed by atoms with Crippen molar-refractivity contribution < 1.29 is 9.53 Å². The highest BCUT2D eigenvalue weighted by Crippen LogP contribution is 2.28. The largest absolute Gasteiger partial charge is 0.465 e. The first-order valence-corrected chi connectivity index (χ1v) is 8.57. The molecule has 19 heavy (non-hydrogen) atoms. The Labute approximate surface area is 123 Å². The number of anilines is 1. The third-order valence-electron chi connectivity index (χ3n) is 2.72. The van der Waals surface area contributed by atoms with Crippen LogP contribution in [-0.2, 0) is 14.9 Å². The highest BCUT2D eigenvalue weighted by Gasteiger charge is 2.33. The third kappa shape index (κ3) is 4.38. The summed E-state index contributed by atoms with van der Waals surface area (Å²) in [5.41, 5.74) is 0.0599. The molecular formula is C13H22N2O2S2. The number of thiazole rings is 1. The van der Waals surface area contributed by atoms with E-state index in [-0.39, 0.29) is 5.97 Å². The summed E-state index contributed by atoms with van der Waals surface area (Å²) in [6, 6.07) is 0.361. The van der Waals surface area contributed by atoms with Gasteiger partial charge in [0.2, 0.25) is 0 Å². The molecule has 1 atom stereocenters. The number of ether oxygens (including phenoxy) is 1. The minimum Gasteiger partial charge on any atom is -0.465 e. The van der Waals surface area contributed by atoms with E-state index in [1.54, 1.807) is 11.8 Å². The van der Waals surface area contributed by atoms with Crippen molar-refractivity contribution in [1.29, 1.82) is 0 Å². The molecule has 1 heterocycles. The highest BCUT2D eigenvalue weighted by molar-refractivity contribution is 7.98. The van der Waals surface area contributed by atoms with Crippen LogP contribution in [0.4, 0.5) is 5.13 Å². The second-order valence-corrected chi connectivity index (χ2v) is 6.65. The Kier molecular flexibility index (Phi) is 6.13. The zero-order valence-electron chi connectivity index (χ0n) is 12.1. The van der Waals surface area contributed by atoms with E-state index >= 15 is 0 Å². The van der Waals surface area contributed by atoms with Gasteiger partial charge in [-0.05, 0) is 34.0 Å². The molecule has 0 radical (unpaired) electrons. The van der Waals surface area contributed by atoms with Crippen molar-refractivity contribution in [2.75, 3.05) is 23.9 Å². The number of thioether (sulfide) groups is 1. The van der Waals surface area contributed by atoms with E-state index in [2.05, 4.69) is 23.5 Å². The number of carbonyl (C=O) groups excluding carboxylic acids is 1. The zero-order chi connectivity index (χ0) is 14.5. The van der Waals surface area contributed by atoms with Gasteiger partial charge in [0.15, 0.2) is 5.13 Å². The summed E-state index contributed by atoms with van der Waals surface area (Å²) in [5, 5.41) is 6.12. The van der Waals surface area contributed by atoms with Crippen molar-refractivity contribution in [2.45, 2.75) is 39.2 Å². The van der Waals surface area contributed by atoms with Crippen LogP contribution in [0.5, 0.6) is 0 Å². The number of hydrogen-bond donors (Lipinski definition) is 1. The van der Waals surface area contributed by atoms with Gasteiger partial charge >= 0.3 is 5.97 Å². The molecule has 1 aromatic heterocycles. The van der Waals surface area contributed by atoms with Gasteiger partial charge in [0.25, 0.3) is 0 Å². The molecule has 6 heteroatoms. The van der Waals surface area contributed by atoms with E-state index in [4.69, 9.17) is 4.74 Å². The normalized spacial score (nSPS) is 13.1. The van der Waals surface area contributed by atoms with E-state index in [1.807, 2.05) is 26.2 Å². The number of nitrogens with one attached hydrogen (secondary N) is 1. The fourth-order valence-electron chi connectivity index (χ4n) is 1.55. The molecule has 0 spiro atoms. The Hall–Kier alpha value is -0.750. The van der Waals surface area contributed by atoms with Crippen LogP contribution < -0.4 is 5.32 Å². The van der Waals surface area contributed by atoms with Crippen LogP contribution in [0, 0.1) is 0 Å². The molecule has 108 valence electrons. The van der Waals surface area contributed by atoms with E-state index in [9.17, 15) is 4.79 Å². The Morgan fingerprint density at radius 2 is 2.32 bits per heavy atom. The van der Waals surface area contributed by atoms with Crippen LogP contribution in [0.3, 0.4) is 0 Å². The first kappa shape index (κ1) is 16.3. The first-order valence-electron chi connectivity index (χ1n) is 6.30. The summed E-state index contributed by atoms with van der Waals surface area (Å²) >= 11 is 3.32. The summed E-state index contributed by atoms with van der Waals surface area (Å²) in [7, 11) is 0. The van der Waals surface area contributed by atoms with Crippen LogP contribution in [0.15, 0.2) is 5.38 Å². The van der Waals surface area contributed by atoms with Gasteiger partial charge in [0, 0.05) is 17.2 Å². The van der Waals surface area contributed by atoms with E-state index in [0.29, 0.717) is 12.6 Å². The number of rotatable bonds is 7. The maximum absolute atomic E-state index is 11.9. The molecule has 1 N–H and O–H groups in total. The molecule has 0 bridgehead atoms. The maximum Gasteiger partial charge on any atom is 0.317 e. The van der Waals surface area contributed by atoms with E-state index in [1.165, 1.54) is 11.3 Å². The van der Waals surface area contributed by atoms with Gasteiger partial charge in [-0.15, -0.1) is 11.3 Å². The van der Waals surface area contributed by atoms with Crippen molar-refractivity contribution in [2.24, 2.45) is 0 Å². The molecule has 4 nitrogen and oxygen atoms in total. The van der Waals surface area contributed by atoms with Crippen molar-refractivity contribution in [3.05, 3.63) is 11.1 Å². The Morgan fingerprint density at radius 1 is 1.63 bits per heavy atom. The lowest BCUT2D eigenvalue weighted by Gasteiger charge is -2.19. The van der Waals surface area contributed by atoms with Crippen molar-refractivity contribution in [3.8, 4) is 0 Å². The Morgan fingerprint density at radius 3 is 2.89 bits per heavy atom. The second-order valence-electron chi connectivity index (χ2n) is 4.88. The Bertz CT molecular complexity index is 419. The predicted molar refractivity (Wildman–Crippen MR) is 83.2 cm³/mol. The molecule has 0 saturated carbocycles. The molecule has 0 aliphatic heterocycles. The van der Waals surface area contributed by atoms with Gasteiger partial charge in [0.1, 0.15) is 5.41 Å². The molecule has 1 rings (SSSR count). The SMILES string of the molecule is CCOC(=O)C(C)(C)c1csc(NC(C)CSC)n1. The van der Waals surface area contributed by atoms with Gasteiger partial charge < -0.3 is 10.1 Å². The lowest BCUT2D eigenvalue weighted by atomic mass is 9.90. The molecule has 0 fully saturated rings. The third-order valence-corrected chi connectivity index (χ3v) is 4.32. The maximum atomic E-state index is 11.9. The average molecular weight is 302 g/mol. The fraction of sp³-hybridized carbons (Fsp3) is 0.692. The lowest BCUT2D eigenvalue weighted by Crippen LogP contribution is -2.31. The molecule has 0 aliphatic carbocycles. The Balaban J connectivity index is 2.75. The lowest BCUT2D eigenvalue weighted by molar-refractivity contribution is -0.148. The molecule has 0 saturated heterocycles. The molecule has 1 unspecified atom stereocenters. The van der Waals surface area contributed by atoms with Gasteiger partial charge in [0.05, 0.1) is 12.3 Å². The molecule has 1 aromatic rings.